The van der Waals surface area contributed by atoms with Crippen LogP contribution in [0.15, 0.2) is 66.7 Å². The van der Waals surface area contributed by atoms with Crippen LogP contribution in [0, 0.1) is 6.92 Å². The molecule has 32 heavy (non-hydrogen) atoms. The second-order valence-corrected chi connectivity index (χ2v) is 8.33. The number of aryl methyl sites for hydroxylation is 2. The van der Waals surface area contributed by atoms with Gasteiger partial charge in [0, 0.05) is 37.5 Å². The van der Waals surface area contributed by atoms with E-state index in [0.717, 1.165) is 36.6 Å². The predicted octanol–water partition coefficient (Wildman–Crippen LogP) is 4.00. The molecule has 0 saturated carbocycles. The molecular weight excluding hydrogens is 400 g/mol. The maximum atomic E-state index is 12.4. The summed E-state index contributed by atoms with van der Waals surface area (Å²) in [6.07, 6.45) is 1.90. The molecule has 3 heterocycles. The Kier molecular flexibility index (Phi) is 5.54. The van der Waals surface area contributed by atoms with Crippen molar-refractivity contribution in [3.05, 3.63) is 83.7 Å². The Morgan fingerprint density at radius 1 is 1.03 bits per heavy atom. The molecule has 0 radical (unpaired) electrons. The van der Waals surface area contributed by atoms with Crippen LogP contribution in [0.5, 0.6) is 0 Å². The Morgan fingerprint density at radius 2 is 1.84 bits per heavy atom. The number of nitrogens with one attached hydrogen (secondary N) is 1. The van der Waals surface area contributed by atoms with Crippen molar-refractivity contribution >= 4 is 23.1 Å². The van der Waals surface area contributed by atoms with Crippen molar-refractivity contribution in [3.8, 4) is 0 Å². The summed E-state index contributed by atoms with van der Waals surface area (Å²) in [7, 11) is 0. The van der Waals surface area contributed by atoms with Gasteiger partial charge in [-0.3, -0.25) is 4.79 Å². The Bertz CT molecular complexity index is 1220. The van der Waals surface area contributed by atoms with Crippen LogP contribution < -0.4 is 10.2 Å². The number of carbonyl (C=O) groups excluding carboxylic acids is 1. The fourth-order valence-corrected chi connectivity index (χ4v) is 4.20. The van der Waals surface area contributed by atoms with Gasteiger partial charge >= 0.3 is 0 Å². The van der Waals surface area contributed by atoms with Crippen molar-refractivity contribution in [3.63, 3.8) is 0 Å². The highest BCUT2D eigenvalue weighted by Crippen LogP contribution is 2.29. The predicted molar refractivity (Wildman–Crippen MR) is 125 cm³/mol. The fourth-order valence-electron chi connectivity index (χ4n) is 4.20. The van der Waals surface area contributed by atoms with Crippen LogP contribution in [0.1, 0.15) is 35.7 Å². The highest BCUT2D eigenvalue weighted by atomic mass is 16.1. The summed E-state index contributed by atoms with van der Waals surface area (Å²) in [5, 5.41) is 16.2. The number of anilines is 2. The van der Waals surface area contributed by atoms with Crippen molar-refractivity contribution in [1.82, 2.24) is 19.8 Å². The highest BCUT2D eigenvalue weighted by molar-refractivity contribution is 5.90. The van der Waals surface area contributed by atoms with Crippen LogP contribution in [0.25, 0.3) is 5.65 Å². The van der Waals surface area contributed by atoms with E-state index in [9.17, 15) is 4.79 Å². The summed E-state index contributed by atoms with van der Waals surface area (Å²) in [6, 6.07) is 22.4. The third-order valence-corrected chi connectivity index (χ3v) is 6.01. The molecule has 1 N–H and O–H groups in total. The van der Waals surface area contributed by atoms with Gasteiger partial charge in [0.05, 0.1) is 0 Å². The van der Waals surface area contributed by atoms with Crippen LogP contribution in [0.2, 0.25) is 0 Å². The minimum Gasteiger partial charge on any atom is -0.355 e. The number of hydrogen-bond acceptors (Lipinski definition) is 5. The van der Waals surface area contributed by atoms with E-state index in [0.29, 0.717) is 30.2 Å². The number of carbonyl (C=O) groups is 1. The highest BCUT2D eigenvalue weighted by Gasteiger charge is 2.25. The lowest BCUT2D eigenvalue weighted by molar-refractivity contribution is -0.116. The van der Waals surface area contributed by atoms with E-state index >= 15 is 0 Å². The standard InChI is InChI=1S/C25H26N6O/c1-18-7-9-21(10-8-18)26-25(32)14-13-23-28-27-22-11-12-24(29-31(22)23)30-16-15-20(17-30)19-5-3-2-4-6-19/h2-12,20H,13-17H2,1H3,(H,26,32)/t20-/m1/s1. The first-order chi connectivity index (χ1) is 15.7. The molecule has 1 aliphatic rings. The number of benzene rings is 2. The van der Waals surface area contributed by atoms with Gasteiger partial charge in [0.1, 0.15) is 5.82 Å². The molecule has 7 heteroatoms. The number of rotatable bonds is 6. The zero-order chi connectivity index (χ0) is 21.9. The zero-order valence-electron chi connectivity index (χ0n) is 18.1. The van der Waals surface area contributed by atoms with Crippen molar-refractivity contribution in [2.24, 2.45) is 0 Å². The number of aromatic nitrogens is 4. The third-order valence-electron chi connectivity index (χ3n) is 6.01. The first kappa shape index (κ1) is 20.2. The molecule has 5 rings (SSSR count). The molecule has 1 atom stereocenters. The lowest BCUT2D eigenvalue weighted by Gasteiger charge is -2.17. The van der Waals surface area contributed by atoms with E-state index < -0.39 is 0 Å². The van der Waals surface area contributed by atoms with Gasteiger partial charge < -0.3 is 10.2 Å². The number of hydrogen-bond donors (Lipinski definition) is 1. The summed E-state index contributed by atoms with van der Waals surface area (Å²) in [6.45, 7) is 3.93. The lowest BCUT2D eigenvalue weighted by atomic mass is 9.99. The van der Waals surface area contributed by atoms with Gasteiger partial charge in [-0.25, -0.2) is 0 Å². The molecule has 0 spiro atoms. The van der Waals surface area contributed by atoms with Gasteiger partial charge in [0.15, 0.2) is 11.5 Å². The van der Waals surface area contributed by atoms with E-state index in [2.05, 4.69) is 50.7 Å². The average molecular weight is 427 g/mol. The molecular formula is C25H26N6O. The quantitative estimate of drug-likeness (QED) is 0.504. The molecule has 0 aliphatic carbocycles. The maximum absolute atomic E-state index is 12.4. The molecule has 162 valence electrons. The molecule has 7 nitrogen and oxygen atoms in total. The van der Waals surface area contributed by atoms with Crippen molar-refractivity contribution in [2.75, 3.05) is 23.3 Å². The maximum Gasteiger partial charge on any atom is 0.224 e. The van der Waals surface area contributed by atoms with E-state index in [4.69, 9.17) is 5.10 Å². The number of nitrogens with zero attached hydrogens (tertiary/aromatic N) is 5. The monoisotopic (exact) mass is 426 g/mol. The molecule has 0 bridgehead atoms. The van der Waals surface area contributed by atoms with Crippen LogP contribution in [-0.4, -0.2) is 38.8 Å². The average Bonchev–Trinajstić information content (AvgIpc) is 3.47. The van der Waals surface area contributed by atoms with Crippen LogP contribution in [0.3, 0.4) is 0 Å². The van der Waals surface area contributed by atoms with E-state index in [1.807, 2.05) is 43.3 Å². The van der Waals surface area contributed by atoms with Crippen molar-refractivity contribution < 1.29 is 4.79 Å². The zero-order valence-corrected chi connectivity index (χ0v) is 18.1. The van der Waals surface area contributed by atoms with Crippen LogP contribution >= 0.6 is 0 Å². The Labute approximate surface area is 187 Å². The third kappa shape index (κ3) is 4.32. The Balaban J connectivity index is 1.26. The summed E-state index contributed by atoms with van der Waals surface area (Å²) in [4.78, 5) is 14.7. The smallest absolute Gasteiger partial charge is 0.224 e. The topological polar surface area (TPSA) is 75.4 Å². The van der Waals surface area contributed by atoms with Gasteiger partial charge in [-0.2, -0.15) is 4.52 Å². The summed E-state index contributed by atoms with van der Waals surface area (Å²) in [5.74, 6) is 2.08. The second kappa shape index (κ2) is 8.78. The fraction of sp³-hybridized carbons (Fsp3) is 0.280. The first-order valence-electron chi connectivity index (χ1n) is 11.0. The van der Waals surface area contributed by atoms with Gasteiger partial charge in [-0.1, -0.05) is 48.0 Å². The molecule has 1 fully saturated rings. The van der Waals surface area contributed by atoms with E-state index in [-0.39, 0.29) is 5.91 Å². The molecule has 2 aromatic heterocycles. The molecule has 1 amide bonds. The van der Waals surface area contributed by atoms with Gasteiger partial charge in [-0.15, -0.1) is 15.3 Å². The van der Waals surface area contributed by atoms with Gasteiger partial charge in [-0.05, 0) is 43.2 Å². The SMILES string of the molecule is Cc1ccc(NC(=O)CCc2nnc3ccc(N4CC[C@@H](c5ccccc5)C4)nn23)cc1. The number of fused-ring (bicyclic) bond motifs is 1. The first-order valence-corrected chi connectivity index (χ1v) is 11.0. The van der Waals surface area contributed by atoms with Crippen LogP contribution in [0.4, 0.5) is 11.5 Å². The van der Waals surface area contributed by atoms with Gasteiger partial charge in [0.2, 0.25) is 5.91 Å². The second-order valence-electron chi connectivity index (χ2n) is 8.33. The molecule has 4 aromatic rings. The molecule has 2 aromatic carbocycles. The minimum absolute atomic E-state index is 0.0491. The molecule has 0 unspecified atom stereocenters. The van der Waals surface area contributed by atoms with Crippen molar-refractivity contribution in [2.45, 2.75) is 32.1 Å². The van der Waals surface area contributed by atoms with E-state index in [1.165, 1.54) is 5.56 Å². The van der Waals surface area contributed by atoms with E-state index in [1.54, 1.807) is 4.52 Å². The van der Waals surface area contributed by atoms with Crippen molar-refractivity contribution in [1.29, 1.82) is 0 Å². The molecule has 1 aliphatic heterocycles. The number of amides is 1. The Hall–Kier alpha value is -3.74. The summed E-state index contributed by atoms with van der Waals surface area (Å²) >= 11 is 0. The Morgan fingerprint density at radius 3 is 2.66 bits per heavy atom. The minimum atomic E-state index is -0.0491. The van der Waals surface area contributed by atoms with Gasteiger partial charge in [0.25, 0.3) is 0 Å². The normalized spacial score (nSPS) is 15.9. The summed E-state index contributed by atoms with van der Waals surface area (Å²) in [5.41, 5.74) is 4.03. The largest absolute Gasteiger partial charge is 0.355 e. The summed E-state index contributed by atoms with van der Waals surface area (Å²) < 4.78 is 1.77. The lowest BCUT2D eigenvalue weighted by Crippen LogP contribution is -2.21. The molecule has 1 saturated heterocycles. The van der Waals surface area contributed by atoms with Crippen LogP contribution in [-0.2, 0) is 11.2 Å².